The lowest BCUT2D eigenvalue weighted by Gasteiger charge is -2.31. The molecule has 1 aliphatic rings. The van der Waals surface area contributed by atoms with Gasteiger partial charge in [-0.3, -0.25) is 9.69 Å². The number of cyclic esters (lactones) is 1. The summed E-state index contributed by atoms with van der Waals surface area (Å²) in [4.78, 5) is 27.0. The zero-order valence-electron chi connectivity index (χ0n) is 25.2. The third kappa shape index (κ3) is 8.63. The summed E-state index contributed by atoms with van der Waals surface area (Å²) in [5.41, 5.74) is 0.478. The molecule has 0 unspecified atom stereocenters. The molecule has 0 aromatic heterocycles. The van der Waals surface area contributed by atoms with Gasteiger partial charge in [0.05, 0.1) is 35.8 Å². The Morgan fingerprint density at radius 3 is 2.20 bits per heavy atom. The molecular formula is C32H36F3N3O7S. The summed E-state index contributed by atoms with van der Waals surface area (Å²) in [6.45, 7) is 2.79. The number of sulfonamides is 1. The number of benzene rings is 3. The maximum Gasteiger partial charge on any atom is 0.416 e. The fourth-order valence-corrected chi connectivity index (χ4v) is 6.62. The number of rotatable bonds is 13. The Balaban J connectivity index is 1.53. The van der Waals surface area contributed by atoms with E-state index < -0.39 is 52.0 Å². The predicted molar refractivity (Wildman–Crippen MR) is 163 cm³/mol. The third-order valence-electron chi connectivity index (χ3n) is 7.40. The van der Waals surface area contributed by atoms with E-state index >= 15 is 0 Å². The largest absolute Gasteiger partial charge is 0.434 e. The second kappa shape index (κ2) is 14.6. The lowest BCUT2D eigenvalue weighted by atomic mass is 10.0. The number of anilines is 1. The average molecular weight is 664 g/mol. The van der Waals surface area contributed by atoms with Crippen LogP contribution in [-0.4, -0.2) is 72.8 Å². The summed E-state index contributed by atoms with van der Waals surface area (Å²) in [7, 11) is -4.09. The Morgan fingerprint density at radius 2 is 1.63 bits per heavy atom. The minimum absolute atomic E-state index is 0.0255. The van der Waals surface area contributed by atoms with Crippen molar-refractivity contribution in [2.45, 2.75) is 56.2 Å². The summed E-state index contributed by atoms with van der Waals surface area (Å²) in [6, 6.07) is 17.5. The Hall–Kier alpha value is -3.98. The lowest BCUT2D eigenvalue weighted by molar-refractivity contribution is -0.137. The molecule has 4 rings (SSSR count). The Labute approximate surface area is 265 Å². The van der Waals surface area contributed by atoms with Crippen LogP contribution in [-0.2, 0) is 38.8 Å². The van der Waals surface area contributed by atoms with Crippen LogP contribution < -0.4 is 10.2 Å². The van der Waals surface area contributed by atoms with Gasteiger partial charge in [0.2, 0.25) is 10.0 Å². The first kappa shape index (κ1) is 34.9. The standard InChI is InChI=1S/C32H36F3N3O7S/c1-21(2)17-37(46(43,44)26-14-8-23(20-39)9-15-26)18-28(40)27(16-22-6-4-3-5-7-22)36-30(41)29-19-38(31(42)45-29)25-12-10-24(11-13-25)32(33,34)35/h3-15,21,27-29,39-40H,16-20H2,1-2H3,(H,36,41)/t27-,28+,29-/m0/s1. The third-order valence-corrected chi connectivity index (χ3v) is 9.25. The van der Waals surface area contributed by atoms with Crippen LogP contribution in [0.3, 0.4) is 0 Å². The van der Waals surface area contributed by atoms with Gasteiger partial charge in [-0.2, -0.15) is 17.5 Å². The van der Waals surface area contributed by atoms with Crippen LogP contribution in [0.1, 0.15) is 30.5 Å². The fraction of sp³-hybridized carbons (Fsp3) is 0.375. The molecule has 3 atom stereocenters. The molecule has 0 aliphatic carbocycles. The van der Waals surface area contributed by atoms with Gasteiger partial charge in [-0.25, -0.2) is 13.2 Å². The number of aliphatic hydroxyl groups is 2. The van der Waals surface area contributed by atoms with E-state index in [1.54, 1.807) is 30.3 Å². The van der Waals surface area contributed by atoms with E-state index in [-0.39, 0.29) is 49.2 Å². The number of alkyl halides is 3. The molecule has 3 aromatic rings. The highest BCUT2D eigenvalue weighted by Gasteiger charge is 2.40. The second-order valence-electron chi connectivity index (χ2n) is 11.4. The monoisotopic (exact) mass is 663 g/mol. The minimum atomic E-state index is -4.56. The van der Waals surface area contributed by atoms with Crippen LogP contribution in [0.4, 0.5) is 23.7 Å². The number of nitrogens with one attached hydrogen (secondary N) is 1. The number of hydrogen-bond donors (Lipinski definition) is 3. The number of nitrogens with zero attached hydrogens (tertiary/aromatic N) is 2. The molecule has 3 N–H and O–H groups in total. The molecule has 1 saturated heterocycles. The molecule has 0 saturated carbocycles. The number of amides is 2. The summed E-state index contributed by atoms with van der Waals surface area (Å²) in [5, 5.41) is 23.5. The minimum Gasteiger partial charge on any atom is -0.434 e. The van der Waals surface area contributed by atoms with E-state index in [2.05, 4.69) is 5.32 Å². The van der Waals surface area contributed by atoms with Gasteiger partial charge in [-0.05, 0) is 59.9 Å². The van der Waals surface area contributed by atoms with Gasteiger partial charge in [0.1, 0.15) is 0 Å². The molecule has 0 bridgehead atoms. The lowest BCUT2D eigenvalue weighted by Crippen LogP contribution is -2.53. The highest BCUT2D eigenvalue weighted by atomic mass is 32.2. The van der Waals surface area contributed by atoms with Crippen LogP contribution in [0.25, 0.3) is 0 Å². The van der Waals surface area contributed by atoms with Crippen LogP contribution >= 0.6 is 0 Å². The number of halogens is 3. The van der Waals surface area contributed by atoms with E-state index in [4.69, 9.17) is 4.74 Å². The first-order chi connectivity index (χ1) is 21.7. The van der Waals surface area contributed by atoms with Crippen molar-refractivity contribution in [2.75, 3.05) is 24.5 Å². The second-order valence-corrected chi connectivity index (χ2v) is 13.4. The number of ether oxygens (including phenoxy) is 1. The van der Waals surface area contributed by atoms with Crippen molar-refractivity contribution >= 4 is 27.7 Å². The molecule has 0 spiro atoms. The highest BCUT2D eigenvalue weighted by Crippen LogP contribution is 2.31. The molecule has 3 aromatic carbocycles. The van der Waals surface area contributed by atoms with Gasteiger partial charge in [-0.1, -0.05) is 56.3 Å². The van der Waals surface area contributed by atoms with E-state index in [1.165, 1.54) is 24.3 Å². The summed E-state index contributed by atoms with van der Waals surface area (Å²) < 4.78 is 72.6. The van der Waals surface area contributed by atoms with Gasteiger partial charge in [0.15, 0.2) is 6.10 Å². The van der Waals surface area contributed by atoms with Crippen molar-refractivity contribution in [3.63, 3.8) is 0 Å². The van der Waals surface area contributed by atoms with Crippen molar-refractivity contribution in [1.29, 1.82) is 0 Å². The molecule has 0 radical (unpaired) electrons. The van der Waals surface area contributed by atoms with Crippen LogP contribution in [0.5, 0.6) is 0 Å². The predicted octanol–water partition coefficient (Wildman–Crippen LogP) is 3.96. The zero-order chi connectivity index (χ0) is 33.6. The Bertz CT molecular complexity index is 1590. The molecule has 2 amide bonds. The number of aliphatic hydroxyl groups excluding tert-OH is 2. The quantitative estimate of drug-likeness (QED) is 0.252. The van der Waals surface area contributed by atoms with Gasteiger partial charge in [0, 0.05) is 18.8 Å². The SMILES string of the molecule is CC(C)CN(C[C@@H](O)[C@H](Cc1ccccc1)NC(=O)[C@@H]1CN(c2ccc(C(F)(F)F)cc2)C(=O)O1)S(=O)(=O)c1ccc(CO)cc1. The zero-order valence-corrected chi connectivity index (χ0v) is 26.0. The molecular weight excluding hydrogens is 627 g/mol. The highest BCUT2D eigenvalue weighted by molar-refractivity contribution is 7.89. The molecule has 14 heteroatoms. The first-order valence-corrected chi connectivity index (χ1v) is 16.0. The molecule has 1 aliphatic heterocycles. The summed E-state index contributed by atoms with van der Waals surface area (Å²) >= 11 is 0. The Kier molecular flexibility index (Phi) is 11.1. The summed E-state index contributed by atoms with van der Waals surface area (Å²) in [5.74, 6) is -0.879. The van der Waals surface area contributed by atoms with Gasteiger partial charge < -0.3 is 20.3 Å². The van der Waals surface area contributed by atoms with Gasteiger partial charge >= 0.3 is 12.3 Å². The molecule has 248 valence electrons. The number of carbonyl (C=O) groups excluding carboxylic acids is 2. The van der Waals surface area contributed by atoms with Crippen molar-refractivity contribution in [3.8, 4) is 0 Å². The molecule has 10 nitrogen and oxygen atoms in total. The van der Waals surface area contributed by atoms with E-state index in [0.29, 0.717) is 5.56 Å². The van der Waals surface area contributed by atoms with Gasteiger partial charge in [0.25, 0.3) is 5.91 Å². The van der Waals surface area contributed by atoms with Crippen LogP contribution in [0.15, 0.2) is 83.8 Å². The molecule has 1 fully saturated rings. The van der Waals surface area contributed by atoms with Crippen LogP contribution in [0.2, 0.25) is 0 Å². The van der Waals surface area contributed by atoms with E-state index in [9.17, 15) is 41.4 Å². The van der Waals surface area contributed by atoms with Crippen LogP contribution in [0, 0.1) is 5.92 Å². The van der Waals surface area contributed by atoms with Gasteiger partial charge in [-0.15, -0.1) is 0 Å². The normalized spacial score (nSPS) is 16.8. The smallest absolute Gasteiger partial charge is 0.416 e. The molecule has 46 heavy (non-hydrogen) atoms. The maximum atomic E-state index is 13.6. The Morgan fingerprint density at radius 1 is 1.00 bits per heavy atom. The number of hydrogen-bond acceptors (Lipinski definition) is 7. The fourth-order valence-electron chi connectivity index (χ4n) is 5.00. The topological polar surface area (TPSA) is 136 Å². The van der Waals surface area contributed by atoms with Crippen molar-refractivity contribution in [2.24, 2.45) is 5.92 Å². The molecule has 1 heterocycles. The average Bonchev–Trinajstić information content (AvgIpc) is 3.41. The van der Waals surface area contributed by atoms with E-state index in [1.807, 2.05) is 13.8 Å². The number of carbonyl (C=O) groups is 2. The van der Waals surface area contributed by atoms with Crippen molar-refractivity contribution < 1.29 is 46.1 Å². The maximum absolute atomic E-state index is 13.6. The van der Waals surface area contributed by atoms with Crippen molar-refractivity contribution in [1.82, 2.24) is 9.62 Å². The summed E-state index contributed by atoms with van der Waals surface area (Å²) in [6.07, 6.45) is -8.13. The van der Waals surface area contributed by atoms with Crippen molar-refractivity contribution in [3.05, 3.63) is 95.6 Å². The first-order valence-electron chi connectivity index (χ1n) is 14.6. The van der Waals surface area contributed by atoms with E-state index in [0.717, 1.165) is 39.0 Å².